The fraction of sp³-hybridized carbons (Fsp3) is 0.400. The van der Waals surface area contributed by atoms with Gasteiger partial charge >= 0.3 is 0 Å². The minimum Gasteiger partial charge on any atom is -0.351 e. The molecule has 0 unspecified atom stereocenters. The molecule has 3 heterocycles. The maximum absolute atomic E-state index is 13.8. The molecule has 166 valence electrons. The Labute approximate surface area is 192 Å². The van der Waals surface area contributed by atoms with Crippen LogP contribution in [0.25, 0.3) is 10.6 Å². The number of aryl methyl sites for hydroxylation is 2. The van der Waals surface area contributed by atoms with Gasteiger partial charge in [0.1, 0.15) is 16.9 Å². The number of rotatable bonds is 4. The molecule has 2 amide bonds. The van der Waals surface area contributed by atoms with Gasteiger partial charge in [0.05, 0.1) is 11.4 Å². The predicted octanol–water partition coefficient (Wildman–Crippen LogP) is 4.71. The minimum absolute atomic E-state index is 0.116. The van der Waals surface area contributed by atoms with E-state index in [1.165, 1.54) is 0 Å². The van der Waals surface area contributed by atoms with Gasteiger partial charge in [0.2, 0.25) is 5.91 Å². The van der Waals surface area contributed by atoms with E-state index < -0.39 is 5.54 Å². The molecule has 1 aliphatic heterocycles. The highest BCUT2D eigenvalue weighted by Crippen LogP contribution is 2.36. The second-order valence-corrected chi connectivity index (χ2v) is 10.1. The second-order valence-electron chi connectivity index (χ2n) is 9.19. The summed E-state index contributed by atoms with van der Waals surface area (Å²) in [5, 5.41) is 9.94. The molecular weight excluding hydrogens is 420 g/mol. The fourth-order valence-corrected chi connectivity index (χ4v) is 5.49. The molecule has 1 N–H and O–H groups in total. The Bertz CT molecular complexity index is 1180. The summed E-state index contributed by atoms with van der Waals surface area (Å²) in [6, 6.07) is 11.9. The van der Waals surface area contributed by atoms with E-state index in [0.717, 1.165) is 53.1 Å². The topological polar surface area (TPSA) is 67.2 Å². The van der Waals surface area contributed by atoms with Gasteiger partial charge in [-0.2, -0.15) is 5.10 Å². The maximum Gasteiger partial charge on any atom is 0.277 e. The Hall–Kier alpha value is -2.93. The number of thiophene rings is 1. The van der Waals surface area contributed by atoms with Crippen LogP contribution in [0.1, 0.15) is 54.2 Å². The zero-order valence-electron chi connectivity index (χ0n) is 18.7. The lowest BCUT2D eigenvalue weighted by Gasteiger charge is -2.43. The molecule has 3 aromatic rings. The summed E-state index contributed by atoms with van der Waals surface area (Å²) in [7, 11) is 0. The number of hydrogen-bond acceptors (Lipinski definition) is 4. The molecule has 0 spiro atoms. The van der Waals surface area contributed by atoms with Gasteiger partial charge < -0.3 is 5.32 Å². The van der Waals surface area contributed by atoms with Crippen molar-refractivity contribution in [3.8, 4) is 10.6 Å². The molecule has 0 bridgehead atoms. The quantitative estimate of drug-likeness (QED) is 0.629. The molecule has 1 atom stereocenters. The maximum atomic E-state index is 13.8. The number of fused-ring (bicyclic) bond motifs is 1. The first-order valence-corrected chi connectivity index (χ1v) is 12.1. The highest BCUT2D eigenvalue weighted by atomic mass is 32.1. The zero-order chi connectivity index (χ0) is 22.5. The fourth-order valence-electron chi connectivity index (χ4n) is 4.81. The first-order valence-electron chi connectivity index (χ1n) is 11.2. The number of nitrogens with one attached hydrogen (secondary N) is 1. The van der Waals surface area contributed by atoms with E-state index in [4.69, 9.17) is 5.10 Å². The molecule has 0 saturated heterocycles. The van der Waals surface area contributed by atoms with Gasteiger partial charge in [0.15, 0.2) is 0 Å². The van der Waals surface area contributed by atoms with Crippen LogP contribution in [-0.2, 0) is 11.3 Å². The largest absolute Gasteiger partial charge is 0.351 e. The Morgan fingerprint density at radius 1 is 1.16 bits per heavy atom. The minimum atomic E-state index is -1.08. The Kier molecular flexibility index (Phi) is 5.16. The zero-order valence-corrected chi connectivity index (χ0v) is 19.5. The molecule has 7 heteroatoms. The standard InChI is InChI=1S/C25H28N4O2S/c1-16-10-11-19(13-17(16)2)29-23(30)21-14-20(22-9-6-12-32-22)27-28(21)15-25(29,3)24(31)26-18-7-4-5-8-18/h6,9-14,18H,4-5,7-8,15H2,1-3H3,(H,26,31)/t25-/m1/s1. The van der Waals surface area contributed by atoms with E-state index in [-0.39, 0.29) is 17.9 Å². The van der Waals surface area contributed by atoms with Crippen molar-refractivity contribution in [2.45, 2.75) is 64.6 Å². The van der Waals surface area contributed by atoms with E-state index in [2.05, 4.69) is 5.32 Å². The molecule has 32 heavy (non-hydrogen) atoms. The van der Waals surface area contributed by atoms with Crippen molar-refractivity contribution in [2.75, 3.05) is 4.90 Å². The van der Waals surface area contributed by atoms with E-state index in [9.17, 15) is 9.59 Å². The van der Waals surface area contributed by atoms with Crippen LogP contribution in [0.15, 0.2) is 41.8 Å². The van der Waals surface area contributed by atoms with Gasteiger partial charge in [-0.15, -0.1) is 11.3 Å². The molecule has 1 saturated carbocycles. The lowest BCUT2D eigenvalue weighted by molar-refractivity contribution is -0.127. The number of carbonyl (C=O) groups is 2. The van der Waals surface area contributed by atoms with E-state index in [1.54, 1.807) is 20.9 Å². The van der Waals surface area contributed by atoms with Crippen molar-refractivity contribution in [3.63, 3.8) is 0 Å². The van der Waals surface area contributed by atoms with Crippen LogP contribution in [0.2, 0.25) is 0 Å². The van der Waals surface area contributed by atoms with Crippen LogP contribution in [0, 0.1) is 13.8 Å². The van der Waals surface area contributed by atoms with Gasteiger partial charge in [-0.05, 0) is 74.4 Å². The van der Waals surface area contributed by atoms with Crippen molar-refractivity contribution in [1.82, 2.24) is 15.1 Å². The SMILES string of the molecule is Cc1ccc(N2C(=O)c3cc(-c4cccs4)nn3C[C@]2(C)C(=O)NC2CCCC2)cc1C. The summed E-state index contributed by atoms with van der Waals surface area (Å²) in [5.74, 6) is -0.311. The number of aromatic nitrogens is 2. The third-order valence-electron chi connectivity index (χ3n) is 6.86. The summed E-state index contributed by atoms with van der Waals surface area (Å²) >= 11 is 1.59. The number of anilines is 1. The normalized spacial score (nSPS) is 21.1. The van der Waals surface area contributed by atoms with Crippen LogP contribution >= 0.6 is 11.3 Å². The third-order valence-corrected chi connectivity index (χ3v) is 7.75. The van der Waals surface area contributed by atoms with Crippen LogP contribution in [-0.4, -0.2) is 33.2 Å². The van der Waals surface area contributed by atoms with Gasteiger partial charge in [0, 0.05) is 11.7 Å². The molecule has 1 aromatic carbocycles. The van der Waals surface area contributed by atoms with Crippen molar-refractivity contribution in [2.24, 2.45) is 0 Å². The molecule has 6 nitrogen and oxygen atoms in total. The van der Waals surface area contributed by atoms with Crippen LogP contribution in [0.4, 0.5) is 5.69 Å². The number of nitrogens with zero attached hydrogens (tertiary/aromatic N) is 3. The van der Waals surface area contributed by atoms with Crippen molar-refractivity contribution in [1.29, 1.82) is 0 Å². The molecule has 2 aliphatic rings. The third kappa shape index (κ3) is 3.45. The molecular formula is C25H28N4O2S. The lowest BCUT2D eigenvalue weighted by atomic mass is 9.93. The van der Waals surface area contributed by atoms with Crippen molar-refractivity contribution < 1.29 is 9.59 Å². The van der Waals surface area contributed by atoms with Gasteiger partial charge in [-0.1, -0.05) is 25.0 Å². The van der Waals surface area contributed by atoms with Crippen LogP contribution in [0.5, 0.6) is 0 Å². The monoisotopic (exact) mass is 448 g/mol. The molecule has 1 fully saturated rings. The average molecular weight is 449 g/mol. The van der Waals surface area contributed by atoms with Gasteiger partial charge in [-0.25, -0.2) is 0 Å². The highest BCUT2D eigenvalue weighted by molar-refractivity contribution is 7.13. The van der Waals surface area contributed by atoms with Gasteiger partial charge in [0.25, 0.3) is 5.91 Å². The lowest BCUT2D eigenvalue weighted by Crippen LogP contribution is -2.65. The average Bonchev–Trinajstić information content (AvgIpc) is 3.51. The van der Waals surface area contributed by atoms with E-state index in [1.807, 2.05) is 62.5 Å². The Morgan fingerprint density at radius 2 is 1.94 bits per heavy atom. The summed E-state index contributed by atoms with van der Waals surface area (Å²) < 4.78 is 1.71. The van der Waals surface area contributed by atoms with Crippen LogP contribution < -0.4 is 10.2 Å². The van der Waals surface area contributed by atoms with E-state index >= 15 is 0 Å². The molecule has 0 radical (unpaired) electrons. The highest BCUT2D eigenvalue weighted by Gasteiger charge is 2.49. The number of benzene rings is 1. The Morgan fingerprint density at radius 3 is 2.62 bits per heavy atom. The summed E-state index contributed by atoms with van der Waals surface area (Å²) in [6.45, 7) is 6.25. The molecule has 2 aromatic heterocycles. The summed E-state index contributed by atoms with van der Waals surface area (Å²) in [6.07, 6.45) is 4.26. The number of amides is 2. The number of carbonyl (C=O) groups excluding carboxylic acids is 2. The van der Waals surface area contributed by atoms with Crippen LogP contribution in [0.3, 0.4) is 0 Å². The first-order chi connectivity index (χ1) is 15.4. The number of hydrogen-bond donors (Lipinski definition) is 1. The Balaban J connectivity index is 1.59. The predicted molar refractivity (Wildman–Crippen MR) is 127 cm³/mol. The van der Waals surface area contributed by atoms with E-state index in [0.29, 0.717) is 12.2 Å². The van der Waals surface area contributed by atoms with Crippen molar-refractivity contribution in [3.05, 3.63) is 58.6 Å². The summed E-state index contributed by atoms with van der Waals surface area (Å²) in [5.41, 5.74) is 3.19. The van der Waals surface area contributed by atoms with Crippen molar-refractivity contribution >= 4 is 28.8 Å². The smallest absolute Gasteiger partial charge is 0.277 e. The summed E-state index contributed by atoms with van der Waals surface area (Å²) in [4.78, 5) is 30.2. The molecule has 1 aliphatic carbocycles. The second kappa shape index (κ2) is 7.89. The molecule has 5 rings (SSSR count). The van der Waals surface area contributed by atoms with Gasteiger partial charge in [-0.3, -0.25) is 19.2 Å². The first kappa shape index (κ1) is 20.9.